The third-order valence-electron chi connectivity index (χ3n) is 3.17. The van der Waals surface area contributed by atoms with Crippen LogP contribution in [0.5, 0.6) is 0 Å². The monoisotopic (exact) mass is 287 g/mol. The molecule has 0 aliphatic rings. The molecule has 0 aromatic carbocycles. The van der Waals surface area contributed by atoms with Crippen LogP contribution in [0, 0.1) is 25.2 Å². The SMILES string of the molecule is Cc1nn(C)c(C)c1S(=O)(=O)N(C)CC(C)C(=N)N. The van der Waals surface area contributed by atoms with E-state index in [1.807, 2.05) is 0 Å². The van der Waals surface area contributed by atoms with E-state index in [4.69, 9.17) is 11.1 Å². The lowest BCUT2D eigenvalue weighted by atomic mass is 10.2. The summed E-state index contributed by atoms with van der Waals surface area (Å²) in [6.07, 6.45) is 0. The molecule has 0 bridgehead atoms. The topological polar surface area (TPSA) is 105 Å². The molecule has 108 valence electrons. The molecule has 0 spiro atoms. The maximum atomic E-state index is 12.5. The Kier molecular flexibility index (Phi) is 4.36. The van der Waals surface area contributed by atoms with Crippen LogP contribution >= 0.6 is 0 Å². The van der Waals surface area contributed by atoms with Crippen LogP contribution in [0.25, 0.3) is 0 Å². The maximum absolute atomic E-state index is 12.5. The number of aromatic nitrogens is 2. The molecule has 0 radical (unpaired) electrons. The molecular weight excluding hydrogens is 266 g/mol. The fourth-order valence-electron chi connectivity index (χ4n) is 1.87. The minimum Gasteiger partial charge on any atom is -0.387 e. The summed E-state index contributed by atoms with van der Waals surface area (Å²) in [4.78, 5) is 0.230. The summed E-state index contributed by atoms with van der Waals surface area (Å²) in [5, 5.41) is 11.4. The predicted octanol–water partition coefficient (Wildman–Crippen LogP) is 0.230. The van der Waals surface area contributed by atoms with Gasteiger partial charge in [0.1, 0.15) is 4.90 Å². The Hall–Kier alpha value is -1.41. The van der Waals surface area contributed by atoms with Gasteiger partial charge in [0, 0.05) is 26.6 Å². The number of sulfonamides is 1. The van der Waals surface area contributed by atoms with Crippen molar-refractivity contribution in [3.63, 3.8) is 0 Å². The first-order valence-corrected chi connectivity index (χ1v) is 7.33. The van der Waals surface area contributed by atoms with Gasteiger partial charge in [-0.15, -0.1) is 0 Å². The molecule has 0 aliphatic carbocycles. The first-order valence-electron chi connectivity index (χ1n) is 5.89. The Balaban J connectivity index is 3.14. The van der Waals surface area contributed by atoms with Crippen LogP contribution in [0.1, 0.15) is 18.3 Å². The summed E-state index contributed by atoms with van der Waals surface area (Å²) in [5.41, 5.74) is 6.45. The van der Waals surface area contributed by atoms with Gasteiger partial charge < -0.3 is 5.73 Å². The van der Waals surface area contributed by atoms with E-state index in [0.29, 0.717) is 11.4 Å². The fraction of sp³-hybridized carbons (Fsp3) is 0.636. The van der Waals surface area contributed by atoms with Gasteiger partial charge in [0.2, 0.25) is 10.0 Å². The molecule has 0 aliphatic heterocycles. The molecule has 0 saturated heterocycles. The molecule has 8 heteroatoms. The summed E-state index contributed by atoms with van der Waals surface area (Å²) < 4.78 is 27.8. The second-order valence-corrected chi connectivity index (χ2v) is 6.75. The fourth-order valence-corrected chi connectivity index (χ4v) is 3.52. The number of nitrogens with two attached hydrogens (primary N) is 1. The van der Waals surface area contributed by atoms with Crippen LogP contribution in [0.3, 0.4) is 0 Å². The van der Waals surface area contributed by atoms with Gasteiger partial charge in [-0.2, -0.15) is 5.10 Å². The van der Waals surface area contributed by atoms with Gasteiger partial charge in [0.25, 0.3) is 0 Å². The smallest absolute Gasteiger partial charge is 0.246 e. The molecule has 7 nitrogen and oxygen atoms in total. The second-order valence-electron chi connectivity index (χ2n) is 4.77. The Morgan fingerprint density at radius 2 is 2.05 bits per heavy atom. The molecule has 1 unspecified atom stereocenters. The Morgan fingerprint density at radius 1 is 1.53 bits per heavy atom. The predicted molar refractivity (Wildman–Crippen MR) is 73.6 cm³/mol. The highest BCUT2D eigenvalue weighted by molar-refractivity contribution is 7.89. The van der Waals surface area contributed by atoms with Crippen molar-refractivity contribution in [1.29, 1.82) is 5.41 Å². The average Bonchev–Trinajstić information content (AvgIpc) is 2.52. The van der Waals surface area contributed by atoms with Crippen molar-refractivity contribution >= 4 is 15.9 Å². The Bertz CT molecular complexity index is 590. The summed E-state index contributed by atoms with van der Waals surface area (Å²) in [5.74, 6) is -0.348. The zero-order valence-electron chi connectivity index (χ0n) is 11.9. The first kappa shape index (κ1) is 15.6. The lowest BCUT2D eigenvalue weighted by Crippen LogP contribution is -2.36. The number of rotatable bonds is 5. The number of hydrogen-bond acceptors (Lipinski definition) is 4. The zero-order chi connectivity index (χ0) is 15.0. The van der Waals surface area contributed by atoms with Crippen molar-refractivity contribution in [3.05, 3.63) is 11.4 Å². The summed E-state index contributed by atoms with van der Waals surface area (Å²) in [6, 6.07) is 0. The van der Waals surface area contributed by atoms with Crippen molar-refractivity contribution in [1.82, 2.24) is 14.1 Å². The average molecular weight is 287 g/mol. The van der Waals surface area contributed by atoms with Crippen LogP contribution in [-0.2, 0) is 17.1 Å². The molecule has 3 N–H and O–H groups in total. The van der Waals surface area contributed by atoms with E-state index < -0.39 is 10.0 Å². The quantitative estimate of drug-likeness (QED) is 0.597. The number of nitrogens with one attached hydrogen (secondary N) is 1. The van der Waals surface area contributed by atoms with E-state index in [9.17, 15) is 8.42 Å². The van der Waals surface area contributed by atoms with Crippen LogP contribution in [0.15, 0.2) is 4.90 Å². The zero-order valence-corrected chi connectivity index (χ0v) is 12.7. The van der Waals surface area contributed by atoms with E-state index in [1.54, 1.807) is 32.5 Å². The summed E-state index contributed by atoms with van der Waals surface area (Å²) in [6.45, 7) is 5.28. The highest BCUT2D eigenvalue weighted by Crippen LogP contribution is 2.22. The minimum absolute atomic E-state index is 0.0262. The third-order valence-corrected chi connectivity index (χ3v) is 5.25. The van der Waals surface area contributed by atoms with Crippen molar-refractivity contribution < 1.29 is 8.42 Å². The standard InChI is InChI=1S/C11H21N5O2S/c1-7(11(12)13)6-15(4)19(17,18)10-8(2)14-16(5)9(10)3/h7H,6H2,1-5H3,(H3,12,13). The second kappa shape index (κ2) is 5.30. The van der Waals surface area contributed by atoms with Crippen molar-refractivity contribution in [3.8, 4) is 0 Å². The number of nitrogens with zero attached hydrogens (tertiary/aromatic N) is 3. The lowest BCUT2D eigenvalue weighted by molar-refractivity contribution is 0.442. The summed E-state index contributed by atoms with van der Waals surface area (Å²) >= 11 is 0. The number of aryl methyl sites for hydroxylation is 2. The van der Waals surface area contributed by atoms with Crippen molar-refractivity contribution in [2.75, 3.05) is 13.6 Å². The Morgan fingerprint density at radius 3 is 2.42 bits per heavy atom. The molecule has 1 rings (SSSR count). The van der Waals surface area contributed by atoms with E-state index >= 15 is 0 Å². The molecule has 0 amide bonds. The number of amidine groups is 1. The molecule has 1 atom stereocenters. The van der Waals surface area contributed by atoms with E-state index in [1.165, 1.54) is 11.4 Å². The van der Waals surface area contributed by atoms with Crippen molar-refractivity contribution in [2.24, 2.45) is 18.7 Å². The van der Waals surface area contributed by atoms with Gasteiger partial charge in [-0.3, -0.25) is 10.1 Å². The van der Waals surface area contributed by atoms with Gasteiger partial charge in [0.05, 0.1) is 17.2 Å². The summed E-state index contributed by atoms with van der Waals surface area (Å²) in [7, 11) is -0.416. The molecule has 1 aromatic heterocycles. The molecule has 19 heavy (non-hydrogen) atoms. The minimum atomic E-state index is -3.61. The lowest BCUT2D eigenvalue weighted by Gasteiger charge is -2.20. The van der Waals surface area contributed by atoms with Gasteiger partial charge >= 0.3 is 0 Å². The molecule has 0 saturated carbocycles. The van der Waals surface area contributed by atoms with Crippen LogP contribution in [0.4, 0.5) is 0 Å². The van der Waals surface area contributed by atoms with Crippen LogP contribution in [0.2, 0.25) is 0 Å². The molecule has 1 aromatic rings. The van der Waals surface area contributed by atoms with Crippen LogP contribution in [-0.4, -0.2) is 41.9 Å². The third kappa shape index (κ3) is 2.95. The van der Waals surface area contributed by atoms with E-state index in [0.717, 1.165) is 0 Å². The molecule has 0 fully saturated rings. The largest absolute Gasteiger partial charge is 0.387 e. The van der Waals surface area contributed by atoms with Crippen LogP contribution < -0.4 is 5.73 Å². The first-order chi connectivity index (χ1) is 8.59. The van der Waals surface area contributed by atoms with Gasteiger partial charge in [0.15, 0.2) is 0 Å². The van der Waals surface area contributed by atoms with E-state index in [2.05, 4.69) is 5.10 Å². The maximum Gasteiger partial charge on any atom is 0.246 e. The normalized spacial score (nSPS) is 13.8. The molecule has 1 heterocycles. The number of hydrogen-bond donors (Lipinski definition) is 2. The van der Waals surface area contributed by atoms with Gasteiger partial charge in [-0.05, 0) is 13.8 Å². The Labute approximate surface area is 114 Å². The molecular formula is C11H21N5O2S. The van der Waals surface area contributed by atoms with Crippen molar-refractivity contribution in [2.45, 2.75) is 25.7 Å². The van der Waals surface area contributed by atoms with Gasteiger partial charge in [-0.25, -0.2) is 12.7 Å². The highest BCUT2D eigenvalue weighted by atomic mass is 32.2. The highest BCUT2D eigenvalue weighted by Gasteiger charge is 2.29. The van der Waals surface area contributed by atoms with E-state index in [-0.39, 0.29) is 23.2 Å². The van der Waals surface area contributed by atoms with Gasteiger partial charge in [-0.1, -0.05) is 6.92 Å².